The van der Waals surface area contributed by atoms with Gasteiger partial charge >= 0.3 is 0 Å². The maximum Gasteiger partial charge on any atom is 0.0414 e. The van der Waals surface area contributed by atoms with Crippen molar-refractivity contribution in [2.24, 2.45) is 5.92 Å². The third kappa shape index (κ3) is 2.37. The van der Waals surface area contributed by atoms with Crippen molar-refractivity contribution in [1.29, 1.82) is 0 Å². The van der Waals surface area contributed by atoms with E-state index in [2.05, 4.69) is 36.7 Å². The molecule has 2 atom stereocenters. The zero-order valence-corrected chi connectivity index (χ0v) is 9.81. The van der Waals surface area contributed by atoms with Crippen molar-refractivity contribution >= 4 is 11.3 Å². The number of thiophene rings is 1. The quantitative estimate of drug-likeness (QED) is 0.781. The summed E-state index contributed by atoms with van der Waals surface area (Å²) in [6, 6.07) is 5.66. The van der Waals surface area contributed by atoms with Gasteiger partial charge < -0.3 is 5.32 Å². The minimum atomic E-state index is 0.575. The van der Waals surface area contributed by atoms with Crippen molar-refractivity contribution in [3.63, 3.8) is 0 Å². The van der Waals surface area contributed by atoms with Crippen LogP contribution in [0.2, 0.25) is 0 Å². The summed E-state index contributed by atoms with van der Waals surface area (Å²) in [6.45, 7) is 4.59. The van der Waals surface area contributed by atoms with Gasteiger partial charge in [0.25, 0.3) is 0 Å². The fourth-order valence-corrected chi connectivity index (χ4v) is 2.81. The van der Waals surface area contributed by atoms with Gasteiger partial charge in [0.1, 0.15) is 0 Å². The van der Waals surface area contributed by atoms with Gasteiger partial charge in [-0.25, -0.2) is 0 Å². The summed E-state index contributed by atoms with van der Waals surface area (Å²) in [7, 11) is 0. The fraction of sp³-hybridized carbons (Fsp3) is 0.667. The molecule has 1 nitrogen and oxygen atoms in total. The van der Waals surface area contributed by atoms with E-state index in [0.717, 1.165) is 5.92 Å². The van der Waals surface area contributed by atoms with Crippen LogP contribution in [0.4, 0.5) is 0 Å². The molecule has 1 N–H and O–H groups in total. The van der Waals surface area contributed by atoms with Crippen LogP contribution in [0.1, 0.15) is 44.0 Å². The molecule has 1 aliphatic carbocycles. The first-order chi connectivity index (χ1) is 6.81. The van der Waals surface area contributed by atoms with Gasteiger partial charge in [-0.1, -0.05) is 13.0 Å². The molecule has 1 aromatic rings. The molecule has 0 bridgehead atoms. The Labute approximate surface area is 90.5 Å². The average Bonchev–Trinajstić information content (AvgIpc) is 2.91. The van der Waals surface area contributed by atoms with E-state index < -0.39 is 0 Å². The van der Waals surface area contributed by atoms with Crippen LogP contribution in [0.5, 0.6) is 0 Å². The number of hydrogen-bond acceptors (Lipinski definition) is 2. The van der Waals surface area contributed by atoms with Gasteiger partial charge in [0.15, 0.2) is 0 Å². The summed E-state index contributed by atoms with van der Waals surface area (Å²) < 4.78 is 0. The van der Waals surface area contributed by atoms with Crippen LogP contribution in [0.3, 0.4) is 0 Å². The second kappa shape index (κ2) is 4.45. The molecule has 2 unspecified atom stereocenters. The highest BCUT2D eigenvalue weighted by Crippen LogP contribution is 2.34. The first-order valence-electron chi connectivity index (χ1n) is 5.60. The second-order valence-corrected chi connectivity index (χ2v) is 5.25. The lowest BCUT2D eigenvalue weighted by molar-refractivity contribution is 0.418. The first kappa shape index (κ1) is 10.2. The second-order valence-electron chi connectivity index (χ2n) is 4.27. The van der Waals surface area contributed by atoms with Crippen molar-refractivity contribution in [2.45, 2.75) is 45.2 Å². The Hall–Kier alpha value is -0.340. The molecule has 0 saturated heterocycles. The maximum atomic E-state index is 3.74. The molecule has 0 aliphatic heterocycles. The van der Waals surface area contributed by atoms with E-state index in [0.29, 0.717) is 12.1 Å². The molecule has 1 aromatic heterocycles. The van der Waals surface area contributed by atoms with Gasteiger partial charge in [-0.05, 0) is 43.6 Å². The zero-order valence-electron chi connectivity index (χ0n) is 8.99. The van der Waals surface area contributed by atoms with E-state index in [9.17, 15) is 0 Å². The van der Waals surface area contributed by atoms with Gasteiger partial charge in [0.2, 0.25) is 0 Å². The van der Waals surface area contributed by atoms with E-state index in [1.807, 2.05) is 11.3 Å². The van der Waals surface area contributed by atoms with Gasteiger partial charge in [-0.3, -0.25) is 0 Å². The molecule has 14 heavy (non-hydrogen) atoms. The molecule has 0 aromatic carbocycles. The van der Waals surface area contributed by atoms with Crippen molar-refractivity contribution in [3.05, 3.63) is 22.4 Å². The Morgan fingerprint density at radius 3 is 2.86 bits per heavy atom. The van der Waals surface area contributed by atoms with Crippen molar-refractivity contribution in [1.82, 2.24) is 5.32 Å². The van der Waals surface area contributed by atoms with E-state index >= 15 is 0 Å². The molecule has 1 heterocycles. The van der Waals surface area contributed by atoms with E-state index in [-0.39, 0.29) is 0 Å². The van der Waals surface area contributed by atoms with Crippen LogP contribution < -0.4 is 5.32 Å². The lowest BCUT2D eigenvalue weighted by Gasteiger charge is -2.21. The summed E-state index contributed by atoms with van der Waals surface area (Å²) in [5.74, 6) is 0.948. The molecule has 0 radical (unpaired) electrons. The van der Waals surface area contributed by atoms with Crippen molar-refractivity contribution in [3.8, 4) is 0 Å². The van der Waals surface area contributed by atoms with Crippen molar-refractivity contribution in [2.75, 3.05) is 0 Å². The highest BCUT2D eigenvalue weighted by atomic mass is 32.1. The molecule has 0 spiro atoms. The van der Waals surface area contributed by atoms with E-state index in [1.165, 1.54) is 24.1 Å². The van der Waals surface area contributed by atoms with Crippen LogP contribution in [0.25, 0.3) is 0 Å². The van der Waals surface area contributed by atoms with E-state index in [1.54, 1.807) is 0 Å². The first-order valence-corrected chi connectivity index (χ1v) is 6.48. The Balaban J connectivity index is 1.92. The lowest BCUT2D eigenvalue weighted by atomic mass is 10.1. The largest absolute Gasteiger partial charge is 0.306 e. The monoisotopic (exact) mass is 209 g/mol. The average molecular weight is 209 g/mol. The fourth-order valence-electron chi connectivity index (χ4n) is 1.94. The summed E-state index contributed by atoms with van der Waals surface area (Å²) in [5, 5.41) is 5.91. The molecule has 1 aliphatic rings. The smallest absolute Gasteiger partial charge is 0.0414 e. The highest BCUT2D eigenvalue weighted by Gasteiger charge is 2.29. The van der Waals surface area contributed by atoms with Crippen LogP contribution in [-0.2, 0) is 0 Å². The normalized spacial score (nSPS) is 20.7. The van der Waals surface area contributed by atoms with E-state index in [4.69, 9.17) is 0 Å². The minimum Gasteiger partial charge on any atom is -0.306 e. The predicted octanol–water partition coefficient (Wildman–Crippen LogP) is 3.59. The summed E-state index contributed by atoms with van der Waals surface area (Å²) in [4.78, 5) is 1.49. The molecule has 1 fully saturated rings. The van der Waals surface area contributed by atoms with Gasteiger partial charge in [-0.2, -0.15) is 0 Å². The molecular weight excluding hydrogens is 190 g/mol. The molecule has 2 rings (SSSR count). The number of hydrogen-bond donors (Lipinski definition) is 1. The Kier molecular flexibility index (Phi) is 3.24. The standard InChI is InChI=1S/C12H19NS/c1-3-11(12-5-4-8-14-12)13-9(2)10-6-7-10/h4-5,8-11,13H,3,6-7H2,1-2H3. The Morgan fingerprint density at radius 2 is 2.36 bits per heavy atom. The summed E-state index contributed by atoms with van der Waals surface area (Å²) >= 11 is 1.87. The van der Waals surface area contributed by atoms with Crippen LogP contribution in [0, 0.1) is 5.92 Å². The minimum absolute atomic E-state index is 0.575. The summed E-state index contributed by atoms with van der Waals surface area (Å²) in [5.41, 5.74) is 0. The van der Waals surface area contributed by atoms with Crippen LogP contribution in [0.15, 0.2) is 17.5 Å². The van der Waals surface area contributed by atoms with Crippen LogP contribution in [-0.4, -0.2) is 6.04 Å². The third-order valence-corrected chi connectivity index (χ3v) is 4.07. The summed E-state index contributed by atoms with van der Waals surface area (Å²) in [6.07, 6.45) is 4.04. The molecule has 78 valence electrons. The topological polar surface area (TPSA) is 12.0 Å². The van der Waals surface area contributed by atoms with Gasteiger partial charge in [0.05, 0.1) is 0 Å². The Bertz CT molecular complexity index is 264. The van der Waals surface area contributed by atoms with Gasteiger partial charge in [0, 0.05) is 17.0 Å². The Morgan fingerprint density at radius 1 is 1.57 bits per heavy atom. The lowest BCUT2D eigenvalue weighted by Crippen LogP contribution is -2.31. The van der Waals surface area contributed by atoms with Gasteiger partial charge in [-0.15, -0.1) is 11.3 Å². The van der Waals surface area contributed by atoms with Crippen molar-refractivity contribution < 1.29 is 0 Å². The molecule has 0 amide bonds. The molecule has 2 heteroatoms. The number of rotatable bonds is 5. The third-order valence-electron chi connectivity index (χ3n) is 3.09. The highest BCUT2D eigenvalue weighted by molar-refractivity contribution is 7.10. The molecule has 1 saturated carbocycles. The maximum absolute atomic E-state index is 3.74. The zero-order chi connectivity index (χ0) is 9.97. The molecular formula is C12H19NS. The number of nitrogens with one attached hydrogen (secondary N) is 1. The van der Waals surface area contributed by atoms with Crippen LogP contribution >= 0.6 is 11.3 Å². The SMILES string of the molecule is CCC(NC(C)C1CC1)c1cccs1. The predicted molar refractivity (Wildman–Crippen MR) is 62.7 cm³/mol.